The van der Waals surface area contributed by atoms with Gasteiger partial charge in [0.15, 0.2) is 5.82 Å². The summed E-state index contributed by atoms with van der Waals surface area (Å²) in [6, 6.07) is 0. The number of nitrogens with two attached hydrogens (primary N) is 1. The Morgan fingerprint density at radius 3 is 2.50 bits per heavy atom. The van der Waals surface area contributed by atoms with E-state index in [1.54, 1.807) is 0 Å². The standard InChI is InChI=1S/C14H26N4/c1-4-8-18-14(13(15)11(3)16-18)17-9-6-12(5-2)7-10-17/h12H,4-10,15H2,1-3H3. The van der Waals surface area contributed by atoms with Crippen LogP contribution in [0.1, 0.15) is 45.2 Å². The predicted octanol–water partition coefficient (Wildman–Crippen LogP) is 2.81. The van der Waals surface area contributed by atoms with Gasteiger partial charge in [-0.3, -0.25) is 0 Å². The second-order valence-corrected chi connectivity index (χ2v) is 5.38. The third-order valence-corrected chi connectivity index (χ3v) is 4.07. The molecule has 4 nitrogen and oxygen atoms in total. The minimum Gasteiger partial charge on any atom is -0.394 e. The van der Waals surface area contributed by atoms with E-state index in [4.69, 9.17) is 5.73 Å². The maximum absolute atomic E-state index is 6.21. The zero-order valence-electron chi connectivity index (χ0n) is 11.9. The van der Waals surface area contributed by atoms with Crippen LogP contribution in [0.25, 0.3) is 0 Å². The number of aryl methyl sites for hydroxylation is 2. The van der Waals surface area contributed by atoms with Crippen molar-refractivity contribution in [1.29, 1.82) is 0 Å². The predicted molar refractivity (Wildman–Crippen MR) is 76.9 cm³/mol. The average Bonchev–Trinajstić information content (AvgIpc) is 2.66. The molecule has 0 amide bonds. The highest BCUT2D eigenvalue weighted by Gasteiger charge is 2.23. The Bertz CT molecular complexity index is 389. The van der Waals surface area contributed by atoms with Crippen LogP contribution < -0.4 is 10.6 Å². The lowest BCUT2D eigenvalue weighted by atomic mass is 9.94. The summed E-state index contributed by atoms with van der Waals surface area (Å²) in [5.41, 5.74) is 8.05. The molecule has 2 N–H and O–H groups in total. The van der Waals surface area contributed by atoms with Crippen molar-refractivity contribution in [2.75, 3.05) is 23.7 Å². The highest BCUT2D eigenvalue weighted by molar-refractivity contribution is 5.66. The van der Waals surface area contributed by atoms with Gasteiger partial charge in [0, 0.05) is 19.6 Å². The minimum absolute atomic E-state index is 0.874. The molecule has 1 aliphatic rings. The molecule has 102 valence electrons. The summed E-state index contributed by atoms with van der Waals surface area (Å²) >= 11 is 0. The molecule has 0 spiro atoms. The van der Waals surface area contributed by atoms with Crippen LogP contribution in [0.2, 0.25) is 0 Å². The molecule has 1 aromatic heterocycles. The van der Waals surface area contributed by atoms with E-state index < -0.39 is 0 Å². The topological polar surface area (TPSA) is 47.1 Å². The van der Waals surface area contributed by atoms with Crippen LogP contribution in [-0.4, -0.2) is 22.9 Å². The number of nitrogen functional groups attached to an aromatic ring is 1. The zero-order chi connectivity index (χ0) is 13.1. The fourth-order valence-electron chi connectivity index (χ4n) is 2.84. The fourth-order valence-corrected chi connectivity index (χ4v) is 2.84. The van der Waals surface area contributed by atoms with E-state index in [0.717, 1.165) is 49.2 Å². The first kappa shape index (κ1) is 13.2. The van der Waals surface area contributed by atoms with Gasteiger partial charge in [0.2, 0.25) is 0 Å². The van der Waals surface area contributed by atoms with E-state index in [0.29, 0.717) is 0 Å². The van der Waals surface area contributed by atoms with Crippen LogP contribution >= 0.6 is 0 Å². The van der Waals surface area contributed by atoms with Crippen molar-refractivity contribution in [3.8, 4) is 0 Å². The van der Waals surface area contributed by atoms with Gasteiger partial charge in [-0.15, -0.1) is 0 Å². The molecule has 0 radical (unpaired) electrons. The molecular weight excluding hydrogens is 224 g/mol. The second-order valence-electron chi connectivity index (χ2n) is 5.38. The Morgan fingerprint density at radius 2 is 1.94 bits per heavy atom. The quantitative estimate of drug-likeness (QED) is 0.894. The van der Waals surface area contributed by atoms with Gasteiger partial charge in [0.05, 0.1) is 11.4 Å². The number of hydrogen-bond donors (Lipinski definition) is 1. The van der Waals surface area contributed by atoms with Crippen molar-refractivity contribution in [1.82, 2.24) is 9.78 Å². The van der Waals surface area contributed by atoms with Gasteiger partial charge >= 0.3 is 0 Å². The van der Waals surface area contributed by atoms with Crippen LogP contribution in [0, 0.1) is 12.8 Å². The van der Waals surface area contributed by atoms with Crippen molar-refractivity contribution in [3.63, 3.8) is 0 Å². The summed E-state index contributed by atoms with van der Waals surface area (Å²) in [6.45, 7) is 9.68. The zero-order valence-corrected chi connectivity index (χ0v) is 11.9. The van der Waals surface area contributed by atoms with E-state index in [-0.39, 0.29) is 0 Å². The molecule has 0 atom stereocenters. The van der Waals surface area contributed by atoms with E-state index >= 15 is 0 Å². The molecule has 4 heteroatoms. The Labute approximate surface area is 110 Å². The smallest absolute Gasteiger partial charge is 0.150 e. The van der Waals surface area contributed by atoms with Gasteiger partial charge in [-0.25, -0.2) is 4.68 Å². The molecular formula is C14H26N4. The number of aromatic nitrogens is 2. The SMILES string of the molecule is CCCn1nc(C)c(N)c1N1CCC(CC)CC1. The van der Waals surface area contributed by atoms with Gasteiger partial charge in [0.25, 0.3) is 0 Å². The first-order valence-corrected chi connectivity index (χ1v) is 7.25. The molecule has 0 bridgehead atoms. The van der Waals surface area contributed by atoms with E-state index in [1.807, 2.05) is 6.92 Å². The van der Waals surface area contributed by atoms with E-state index in [9.17, 15) is 0 Å². The number of rotatable bonds is 4. The summed E-state index contributed by atoms with van der Waals surface area (Å²) in [5, 5.41) is 4.56. The summed E-state index contributed by atoms with van der Waals surface area (Å²) in [6.07, 6.45) is 4.97. The highest BCUT2D eigenvalue weighted by Crippen LogP contribution is 2.31. The van der Waals surface area contributed by atoms with Crippen LogP contribution in [0.15, 0.2) is 0 Å². The summed E-state index contributed by atoms with van der Waals surface area (Å²) in [4.78, 5) is 2.43. The van der Waals surface area contributed by atoms with Gasteiger partial charge < -0.3 is 10.6 Å². The summed E-state index contributed by atoms with van der Waals surface area (Å²) in [7, 11) is 0. The third kappa shape index (κ3) is 2.47. The van der Waals surface area contributed by atoms with Crippen molar-refractivity contribution < 1.29 is 0 Å². The van der Waals surface area contributed by atoms with Crippen molar-refractivity contribution >= 4 is 11.5 Å². The maximum atomic E-state index is 6.21. The lowest BCUT2D eigenvalue weighted by Gasteiger charge is -2.33. The first-order valence-electron chi connectivity index (χ1n) is 7.25. The Balaban J connectivity index is 2.17. The van der Waals surface area contributed by atoms with Gasteiger partial charge in [0.1, 0.15) is 0 Å². The fraction of sp³-hybridized carbons (Fsp3) is 0.786. The van der Waals surface area contributed by atoms with Gasteiger partial charge in [-0.05, 0) is 32.1 Å². The highest BCUT2D eigenvalue weighted by atomic mass is 15.4. The monoisotopic (exact) mass is 250 g/mol. The molecule has 2 rings (SSSR count). The molecule has 1 saturated heterocycles. The molecule has 0 saturated carbocycles. The van der Waals surface area contributed by atoms with Crippen LogP contribution in [-0.2, 0) is 6.54 Å². The minimum atomic E-state index is 0.874. The lowest BCUT2D eigenvalue weighted by molar-refractivity contribution is 0.390. The molecule has 2 heterocycles. The van der Waals surface area contributed by atoms with Crippen molar-refractivity contribution in [2.45, 2.75) is 53.0 Å². The van der Waals surface area contributed by atoms with Crippen LogP contribution in [0.3, 0.4) is 0 Å². The van der Waals surface area contributed by atoms with Gasteiger partial charge in [-0.1, -0.05) is 20.3 Å². The first-order chi connectivity index (χ1) is 8.67. The van der Waals surface area contributed by atoms with Crippen molar-refractivity contribution in [3.05, 3.63) is 5.69 Å². The molecule has 18 heavy (non-hydrogen) atoms. The molecule has 0 aliphatic carbocycles. The Morgan fingerprint density at radius 1 is 1.28 bits per heavy atom. The molecule has 0 aromatic carbocycles. The van der Waals surface area contributed by atoms with E-state index in [2.05, 4.69) is 28.5 Å². The number of hydrogen-bond acceptors (Lipinski definition) is 3. The second kappa shape index (κ2) is 5.63. The summed E-state index contributed by atoms with van der Waals surface area (Å²) in [5.74, 6) is 2.05. The van der Waals surface area contributed by atoms with Crippen LogP contribution in [0.4, 0.5) is 11.5 Å². The Hall–Kier alpha value is -1.19. The molecule has 1 aromatic rings. The van der Waals surface area contributed by atoms with Gasteiger partial charge in [-0.2, -0.15) is 5.10 Å². The lowest BCUT2D eigenvalue weighted by Crippen LogP contribution is -2.35. The molecule has 0 unspecified atom stereocenters. The van der Waals surface area contributed by atoms with E-state index in [1.165, 1.54) is 19.3 Å². The van der Waals surface area contributed by atoms with Crippen LogP contribution in [0.5, 0.6) is 0 Å². The number of nitrogens with zero attached hydrogens (tertiary/aromatic N) is 3. The average molecular weight is 250 g/mol. The Kier molecular flexibility index (Phi) is 4.15. The third-order valence-electron chi connectivity index (χ3n) is 4.07. The normalized spacial score (nSPS) is 17.4. The molecule has 1 aliphatic heterocycles. The summed E-state index contributed by atoms with van der Waals surface area (Å²) < 4.78 is 2.09. The maximum Gasteiger partial charge on any atom is 0.150 e. The van der Waals surface area contributed by atoms with Crippen molar-refractivity contribution in [2.24, 2.45) is 5.92 Å². The molecule has 1 fully saturated rings. The number of piperidine rings is 1. The number of anilines is 2. The largest absolute Gasteiger partial charge is 0.394 e.